The van der Waals surface area contributed by atoms with E-state index in [0.29, 0.717) is 5.71 Å². The Hall–Kier alpha value is -1.64. The van der Waals surface area contributed by atoms with Gasteiger partial charge in [0, 0.05) is 25.7 Å². The molecule has 1 aromatic carbocycles. The lowest BCUT2D eigenvalue weighted by Gasteiger charge is -2.14. The van der Waals surface area contributed by atoms with Crippen LogP contribution in [-0.2, 0) is 4.79 Å². The summed E-state index contributed by atoms with van der Waals surface area (Å²) in [6.07, 6.45) is 0.943. The fraction of sp³-hybridized carbons (Fsp3) is 0.333. The number of hydrogen-bond donors (Lipinski definition) is 0. The molecule has 0 aromatic heterocycles. The summed E-state index contributed by atoms with van der Waals surface area (Å²) >= 11 is 0. The molecule has 2 rings (SSSR count). The molecule has 3 heteroatoms. The monoisotopic (exact) mass is 202 g/mol. The maximum atomic E-state index is 11.9. The topological polar surface area (TPSA) is 32.7 Å². The van der Waals surface area contributed by atoms with Gasteiger partial charge in [0.05, 0.1) is 0 Å². The third kappa shape index (κ3) is 2.06. The molecule has 15 heavy (non-hydrogen) atoms. The van der Waals surface area contributed by atoms with Crippen LogP contribution in [0.4, 0.5) is 0 Å². The first-order chi connectivity index (χ1) is 7.29. The summed E-state index contributed by atoms with van der Waals surface area (Å²) < 4.78 is 0. The Balaban J connectivity index is 2.34. The van der Waals surface area contributed by atoms with E-state index in [0.717, 1.165) is 25.1 Å². The van der Waals surface area contributed by atoms with Crippen LogP contribution in [0.3, 0.4) is 0 Å². The zero-order valence-electron chi connectivity index (χ0n) is 8.81. The minimum atomic E-state index is 0.0266. The summed E-state index contributed by atoms with van der Waals surface area (Å²) in [7, 11) is 1.83. The van der Waals surface area contributed by atoms with Crippen molar-refractivity contribution in [1.82, 2.24) is 4.90 Å². The van der Waals surface area contributed by atoms with Crippen molar-refractivity contribution < 1.29 is 4.79 Å². The third-order valence-electron chi connectivity index (χ3n) is 2.52. The first kappa shape index (κ1) is 9.90. The molecule has 0 N–H and O–H groups in total. The van der Waals surface area contributed by atoms with Gasteiger partial charge < -0.3 is 4.90 Å². The maximum absolute atomic E-state index is 11.9. The highest BCUT2D eigenvalue weighted by molar-refractivity contribution is 6.45. The zero-order valence-corrected chi connectivity index (χ0v) is 8.81. The largest absolute Gasteiger partial charge is 0.340 e. The molecule has 3 nitrogen and oxygen atoms in total. The van der Waals surface area contributed by atoms with E-state index in [1.165, 1.54) is 0 Å². The molecule has 0 saturated heterocycles. The molecule has 0 atom stereocenters. The zero-order chi connectivity index (χ0) is 10.7. The normalized spacial score (nSPS) is 17.3. The van der Waals surface area contributed by atoms with E-state index in [-0.39, 0.29) is 5.91 Å². The fourth-order valence-electron chi connectivity index (χ4n) is 1.66. The van der Waals surface area contributed by atoms with Crippen molar-refractivity contribution in [2.75, 3.05) is 20.1 Å². The lowest BCUT2D eigenvalue weighted by atomic mass is 10.1. The molecule has 1 heterocycles. The Labute approximate surface area is 89.4 Å². The van der Waals surface area contributed by atoms with Crippen molar-refractivity contribution in [3.63, 3.8) is 0 Å². The summed E-state index contributed by atoms with van der Waals surface area (Å²) in [5, 5.41) is 0. The van der Waals surface area contributed by atoms with E-state index in [1.807, 2.05) is 37.4 Å². The molecule has 78 valence electrons. The summed E-state index contributed by atoms with van der Waals surface area (Å²) in [5.74, 6) is 0.0266. The second-order valence-corrected chi connectivity index (χ2v) is 3.68. The standard InChI is InChI=1S/C12H14N2O/c1-14-9-5-8-13-11(12(14)15)10-6-3-2-4-7-10/h2-4,6-7H,5,8-9H2,1H3. The van der Waals surface area contributed by atoms with Crippen LogP contribution in [-0.4, -0.2) is 36.7 Å². The quantitative estimate of drug-likeness (QED) is 0.676. The van der Waals surface area contributed by atoms with Crippen molar-refractivity contribution in [2.24, 2.45) is 4.99 Å². The minimum Gasteiger partial charge on any atom is -0.340 e. The summed E-state index contributed by atoms with van der Waals surface area (Å²) in [5.41, 5.74) is 1.51. The fourth-order valence-corrected chi connectivity index (χ4v) is 1.66. The highest BCUT2D eigenvalue weighted by Crippen LogP contribution is 2.07. The minimum absolute atomic E-state index is 0.0266. The second-order valence-electron chi connectivity index (χ2n) is 3.68. The molecule has 1 aliphatic heterocycles. The lowest BCUT2D eigenvalue weighted by Crippen LogP contribution is -2.32. The molecular weight excluding hydrogens is 188 g/mol. The molecular formula is C12H14N2O. The van der Waals surface area contributed by atoms with E-state index >= 15 is 0 Å². The number of hydrogen-bond acceptors (Lipinski definition) is 2. The number of amides is 1. The van der Waals surface area contributed by atoms with E-state index in [2.05, 4.69) is 4.99 Å². The van der Waals surface area contributed by atoms with Crippen LogP contribution in [0, 0.1) is 0 Å². The first-order valence-corrected chi connectivity index (χ1v) is 5.14. The molecule has 1 aromatic rings. The van der Waals surface area contributed by atoms with Crippen molar-refractivity contribution in [2.45, 2.75) is 6.42 Å². The van der Waals surface area contributed by atoms with Gasteiger partial charge in [0.2, 0.25) is 0 Å². The number of likely N-dealkylation sites (N-methyl/N-ethyl adjacent to an activating group) is 1. The predicted octanol–water partition coefficient (Wildman–Crippen LogP) is 1.34. The first-order valence-electron chi connectivity index (χ1n) is 5.14. The van der Waals surface area contributed by atoms with Crippen LogP contribution in [0.5, 0.6) is 0 Å². The molecule has 0 radical (unpaired) electrons. The van der Waals surface area contributed by atoms with Crippen LogP contribution >= 0.6 is 0 Å². The number of nitrogens with zero attached hydrogens (tertiary/aromatic N) is 2. The van der Waals surface area contributed by atoms with Gasteiger partial charge in [-0.2, -0.15) is 0 Å². The van der Waals surface area contributed by atoms with Crippen LogP contribution in [0.1, 0.15) is 12.0 Å². The maximum Gasteiger partial charge on any atom is 0.272 e. The average Bonchev–Trinajstić information content (AvgIpc) is 2.44. The smallest absolute Gasteiger partial charge is 0.272 e. The molecule has 0 fully saturated rings. The van der Waals surface area contributed by atoms with Crippen LogP contribution in [0.2, 0.25) is 0 Å². The van der Waals surface area contributed by atoms with Gasteiger partial charge in [0.15, 0.2) is 0 Å². The Morgan fingerprint density at radius 2 is 2.00 bits per heavy atom. The van der Waals surface area contributed by atoms with Crippen molar-refractivity contribution in [1.29, 1.82) is 0 Å². The van der Waals surface area contributed by atoms with Gasteiger partial charge in [-0.3, -0.25) is 9.79 Å². The summed E-state index contributed by atoms with van der Waals surface area (Å²) in [6, 6.07) is 9.65. The summed E-state index contributed by atoms with van der Waals surface area (Å²) in [4.78, 5) is 18.0. The molecule has 1 amide bonds. The highest BCUT2D eigenvalue weighted by Gasteiger charge is 2.19. The molecule has 0 bridgehead atoms. The van der Waals surface area contributed by atoms with Gasteiger partial charge in [-0.15, -0.1) is 0 Å². The Bertz CT molecular complexity index is 384. The lowest BCUT2D eigenvalue weighted by molar-refractivity contribution is -0.122. The SMILES string of the molecule is CN1CCCN=C(c2ccccc2)C1=O. The molecule has 0 aliphatic carbocycles. The van der Waals surface area contributed by atoms with Gasteiger partial charge in [0.25, 0.3) is 5.91 Å². The Morgan fingerprint density at radius 1 is 1.27 bits per heavy atom. The van der Waals surface area contributed by atoms with Crippen LogP contribution < -0.4 is 0 Å². The van der Waals surface area contributed by atoms with E-state index < -0.39 is 0 Å². The van der Waals surface area contributed by atoms with Crippen molar-refractivity contribution in [3.05, 3.63) is 35.9 Å². The summed E-state index contributed by atoms with van der Waals surface area (Å²) in [6.45, 7) is 1.53. The molecule has 0 saturated carbocycles. The van der Waals surface area contributed by atoms with Crippen LogP contribution in [0.15, 0.2) is 35.3 Å². The average molecular weight is 202 g/mol. The van der Waals surface area contributed by atoms with Gasteiger partial charge in [-0.25, -0.2) is 0 Å². The highest BCUT2D eigenvalue weighted by atomic mass is 16.2. The number of benzene rings is 1. The third-order valence-corrected chi connectivity index (χ3v) is 2.52. The van der Waals surface area contributed by atoms with Gasteiger partial charge in [-0.1, -0.05) is 30.3 Å². The molecule has 0 spiro atoms. The predicted molar refractivity (Wildman–Crippen MR) is 60.1 cm³/mol. The Kier molecular flexibility index (Phi) is 2.81. The van der Waals surface area contributed by atoms with E-state index in [4.69, 9.17) is 0 Å². The van der Waals surface area contributed by atoms with E-state index in [9.17, 15) is 4.79 Å². The number of rotatable bonds is 1. The van der Waals surface area contributed by atoms with E-state index in [1.54, 1.807) is 4.90 Å². The molecule has 1 aliphatic rings. The number of carbonyl (C=O) groups excluding carboxylic acids is 1. The van der Waals surface area contributed by atoms with Crippen molar-refractivity contribution in [3.8, 4) is 0 Å². The van der Waals surface area contributed by atoms with Crippen LogP contribution in [0.25, 0.3) is 0 Å². The van der Waals surface area contributed by atoms with Gasteiger partial charge in [0.1, 0.15) is 5.71 Å². The van der Waals surface area contributed by atoms with Gasteiger partial charge in [-0.05, 0) is 6.42 Å². The number of aliphatic imine (C=N–C) groups is 1. The Morgan fingerprint density at radius 3 is 2.73 bits per heavy atom. The van der Waals surface area contributed by atoms with Gasteiger partial charge >= 0.3 is 0 Å². The molecule has 0 unspecified atom stereocenters. The van der Waals surface area contributed by atoms with Crippen molar-refractivity contribution >= 4 is 11.6 Å². The second kappa shape index (κ2) is 4.26. The number of carbonyl (C=O) groups is 1.